The van der Waals surface area contributed by atoms with Crippen molar-refractivity contribution in [3.63, 3.8) is 0 Å². The highest BCUT2D eigenvalue weighted by molar-refractivity contribution is 7.16. The molecule has 0 aliphatic heterocycles. The Bertz CT molecular complexity index is 1220. The van der Waals surface area contributed by atoms with Gasteiger partial charge in [0.15, 0.2) is 4.80 Å². The van der Waals surface area contributed by atoms with Crippen LogP contribution in [0.2, 0.25) is 0 Å². The second-order valence-corrected chi connectivity index (χ2v) is 6.84. The van der Waals surface area contributed by atoms with Crippen LogP contribution in [0.15, 0.2) is 47.5 Å². The van der Waals surface area contributed by atoms with E-state index in [-0.39, 0.29) is 11.3 Å². The molecule has 146 valence electrons. The van der Waals surface area contributed by atoms with Crippen molar-refractivity contribution in [1.29, 1.82) is 5.26 Å². The molecule has 0 spiro atoms. The number of hydrogen-bond acceptors (Lipinski definition) is 7. The molecule has 0 aliphatic carbocycles. The number of rotatable bonds is 4. The van der Waals surface area contributed by atoms with Crippen molar-refractivity contribution in [3.05, 3.63) is 64.0 Å². The number of carbonyl (C=O) groups excluding carboxylic acids is 3. The van der Waals surface area contributed by atoms with E-state index in [1.807, 2.05) is 6.07 Å². The third kappa shape index (κ3) is 4.23. The monoisotopic (exact) mass is 409 g/mol. The summed E-state index contributed by atoms with van der Waals surface area (Å²) in [5.41, 5.74) is 1.71. The number of amides is 1. The molecule has 0 saturated heterocycles. The maximum Gasteiger partial charge on any atom is 0.337 e. The summed E-state index contributed by atoms with van der Waals surface area (Å²) < 4.78 is 11.7. The molecule has 0 atom stereocenters. The average Bonchev–Trinajstić information content (AvgIpc) is 3.08. The summed E-state index contributed by atoms with van der Waals surface area (Å²) in [5, 5.41) is 8.87. The van der Waals surface area contributed by atoms with E-state index >= 15 is 0 Å². The summed E-state index contributed by atoms with van der Waals surface area (Å²) in [6.07, 6.45) is 0. The van der Waals surface area contributed by atoms with Gasteiger partial charge in [0.05, 0.1) is 41.6 Å². The average molecular weight is 409 g/mol. The molecule has 0 fully saturated rings. The second-order valence-electron chi connectivity index (χ2n) is 5.83. The van der Waals surface area contributed by atoms with Gasteiger partial charge in [-0.05, 0) is 42.5 Å². The Balaban J connectivity index is 2.12. The Morgan fingerprint density at radius 3 is 2.38 bits per heavy atom. The van der Waals surface area contributed by atoms with Crippen LogP contribution in [0.25, 0.3) is 10.2 Å². The number of fused-ring (bicyclic) bond motifs is 1. The van der Waals surface area contributed by atoms with E-state index in [9.17, 15) is 14.4 Å². The van der Waals surface area contributed by atoms with Crippen molar-refractivity contribution in [1.82, 2.24) is 4.57 Å². The molecule has 2 aromatic carbocycles. The van der Waals surface area contributed by atoms with Crippen LogP contribution in [0, 0.1) is 11.3 Å². The minimum absolute atomic E-state index is 0.145. The molecule has 0 saturated carbocycles. The number of nitriles is 1. The summed E-state index contributed by atoms with van der Waals surface area (Å²) in [6, 6.07) is 12.9. The highest BCUT2D eigenvalue weighted by Crippen LogP contribution is 2.20. The lowest BCUT2D eigenvalue weighted by molar-refractivity contribution is -0.141. The molecular weight excluding hydrogens is 394 g/mol. The predicted molar refractivity (Wildman–Crippen MR) is 104 cm³/mol. The molecule has 29 heavy (non-hydrogen) atoms. The third-order valence-electron chi connectivity index (χ3n) is 4.08. The van der Waals surface area contributed by atoms with Crippen LogP contribution in [0.4, 0.5) is 0 Å². The Kier molecular flexibility index (Phi) is 5.85. The van der Waals surface area contributed by atoms with Crippen LogP contribution >= 0.6 is 11.3 Å². The van der Waals surface area contributed by atoms with Gasteiger partial charge in [-0.25, -0.2) is 4.79 Å². The van der Waals surface area contributed by atoms with Crippen molar-refractivity contribution < 1.29 is 23.9 Å². The number of benzene rings is 2. The van der Waals surface area contributed by atoms with Crippen LogP contribution in [0.5, 0.6) is 0 Å². The van der Waals surface area contributed by atoms with Crippen LogP contribution in [0.1, 0.15) is 26.3 Å². The Morgan fingerprint density at radius 1 is 1.07 bits per heavy atom. The summed E-state index contributed by atoms with van der Waals surface area (Å²) in [5.74, 6) is -1.52. The molecule has 1 amide bonds. The zero-order valence-corrected chi connectivity index (χ0v) is 16.4. The first-order valence-electron chi connectivity index (χ1n) is 8.34. The van der Waals surface area contributed by atoms with E-state index < -0.39 is 17.8 Å². The lowest BCUT2D eigenvalue weighted by atomic mass is 10.1. The number of carbonyl (C=O) groups is 3. The molecule has 1 aromatic heterocycles. The Hall–Kier alpha value is -3.77. The quantitative estimate of drug-likeness (QED) is 0.611. The van der Waals surface area contributed by atoms with E-state index in [0.717, 1.165) is 11.3 Å². The molecule has 9 heteroatoms. The fourth-order valence-electron chi connectivity index (χ4n) is 2.59. The van der Waals surface area contributed by atoms with Crippen molar-refractivity contribution in [2.75, 3.05) is 14.2 Å². The smallest absolute Gasteiger partial charge is 0.337 e. The van der Waals surface area contributed by atoms with E-state index in [2.05, 4.69) is 4.99 Å². The van der Waals surface area contributed by atoms with Gasteiger partial charge in [0.2, 0.25) is 0 Å². The van der Waals surface area contributed by atoms with Gasteiger partial charge in [-0.2, -0.15) is 10.3 Å². The Morgan fingerprint density at radius 2 is 1.76 bits per heavy atom. The van der Waals surface area contributed by atoms with Crippen LogP contribution < -0.4 is 4.80 Å². The summed E-state index contributed by atoms with van der Waals surface area (Å²) in [4.78, 5) is 40.6. The number of ether oxygens (including phenoxy) is 2. The number of aromatic nitrogens is 1. The van der Waals surface area contributed by atoms with E-state index in [4.69, 9.17) is 14.7 Å². The fourth-order valence-corrected chi connectivity index (χ4v) is 3.66. The van der Waals surface area contributed by atoms with Crippen molar-refractivity contribution in [2.45, 2.75) is 6.54 Å². The number of esters is 2. The first kappa shape index (κ1) is 20.0. The number of thiazole rings is 1. The summed E-state index contributed by atoms with van der Waals surface area (Å²) in [6.45, 7) is -0.145. The normalized spacial score (nSPS) is 11.1. The summed E-state index contributed by atoms with van der Waals surface area (Å²) in [7, 11) is 2.56. The minimum Gasteiger partial charge on any atom is -0.468 e. The fraction of sp³-hybridized carbons (Fsp3) is 0.150. The molecule has 3 rings (SSSR count). The van der Waals surface area contributed by atoms with E-state index in [0.29, 0.717) is 26.9 Å². The van der Waals surface area contributed by atoms with Gasteiger partial charge < -0.3 is 14.0 Å². The first-order chi connectivity index (χ1) is 14.0. The second kappa shape index (κ2) is 8.50. The molecule has 8 nitrogen and oxygen atoms in total. The number of methoxy groups -OCH3 is 2. The van der Waals surface area contributed by atoms with Gasteiger partial charge in [0.25, 0.3) is 5.91 Å². The molecule has 0 unspecified atom stereocenters. The molecular formula is C20H15N3O5S. The van der Waals surface area contributed by atoms with Gasteiger partial charge in [-0.15, -0.1) is 0 Å². The third-order valence-corrected chi connectivity index (χ3v) is 5.12. The molecule has 3 aromatic rings. The molecule has 0 radical (unpaired) electrons. The van der Waals surface area contributed by atoms with Gasteiger partial charge in [0.1, 0.15) is 6.54 Å². The van der Waals surface area contributed by atoms with Crippen molar-refractivity contribution in [2.24, 2.45) is 4.99 Å². The first-order valence-corrected chi connectivity index (χ1v) is 9.16. The molecule has 0 bridgehead atoms. The zero-order chi connectivity index (χ0) is 21.0. The number of nitrogens with zero attached hydrogens (tertiary/aromatic N) is 3. The maximum absolute atomic E-state index is 12.6. The SMILES string of the molecule is COC(=O)Cn1c(=NC(=O)c2ccc(C#N)cc2)sc2cc(C(=O)OC)ccc21. The predicted octanol–water partition coefficient (Wildman–Crippen LogP) is 2.28. The lowest BCUT2D eigenvalue weighted by Crippen LogP contribution is -2.22. The van der Waals surface area contributed by atoms with E-state index in [1.165, 1.54) is 38.5 Å². The van der Waals surface area contributed by atoms with Crippen LogP contribution in [0.3, 0.4) is 0 Å². The van der Waals surface area contributed by atoms with Gasteiger partial charge in [-0.1, -0.05) is 11.3 Å². The standard InChI is InChI=1S/C20H15N3O5S/c1-27-17(24)11-23-15-8-7-14(19(26)28-2)9-16(15)29-20(23)22-18(25)13-5-3-12(10-21)4-6-13/h3-9H,11H2,1-2H3. The van der Waals surface area contributed by atoms with Gasteiger partial charge in [-0.3, -0.25) is 9.59 Å². The zero-order valence-electron chi connectivity index (χ0n) is 15.5. The Labute approximate surface area is 169 Å². The number of hydrogen-bond donors (Lipinski definition) is 0. The van der Waals surface area contributed by atoms with Crippen molar-refractivity contribution >= 4 is 39.4 Å². The van der Waals surface area contributed by atoms with Crippen molar-refractivity contribution in [3.8, 4) is 6.07 Å². The topological polar surface area (TPSA) is 111 Å². The van der Waals surface area contributed by atoms with Crippen LogP contribution in [-0.2, 0) is 20.8 Å². The molecule has 0 N–H and O–H groups in total. The van der Waals surface area contributed by atoms with Crippen LogP contribution in [-0.4, -0.2) is 36.6 Å². The minimum atomic E-state index is -0.521. The van der Waals surface area contributed by atoms with Gasteiger partial charge in [0, 0.05) is 5.56 Å². The molecule has 0 aliphatic rings. The lowest BCUT2D eigenvalue weighted by Gasteiger charge is -2.04. The molecule has 1 heterocycles. The van der Waals surface area contributed by atoms with E-state index in [1.54, 1.807) is 22.8 Å². The van der Waals surface area contributed by atoms with Gasteiger partial charge >= 0.3 is 11.9 Å². The highest BCUT2D eigenvalue weighted by atomic mass is 32.1. The maximum atomic E-state index is 12.6. The summed E-state index contributed by atoms with van der Waals surface area (Å²) >= 11 is 1.16. The largest absolute Gasteiger partial charge is 0.468 e. The highest BCUT2D eigenvalue weighted by Gasteiger charge is 2.15.